The first-order valence-electron chi connectivity index (χ1n) is 5.21. The Balaban J connectivity index is 1.93. The van der Waals surface area contributed by atoms with Crippen molar-refractivity contribution in [3.8, 4) is 0 Å². The van der Waals surface area contributed by atoms with Gasteiger partial charge in [0.05, 0.1) is 5.02 Å². The largest absolute Gasteiger partial charge is 0.384 e. The van der Waals surface area contributed by atoms with Gasteiger partial charge in [0.25, 0.3) is 5.91 Å². The molecular weight excluding hydrogens is 256 g/mol. The van der Waals surface area contributed by atoms with Crippen molar-refractivity contribution in [2.75, 3.05) is 12.3 Å². The van der Waals surface area contributed by atoms with Crippen LogP contribution in [-0.4, -0.2) is 32.6 Å². The minimum Gasteiger partial charge on any atom is -0.384 e. The van der Waals surface area contributed by atoms with Gasteiger partial charge in [0, 0.05) is 13.0 Å². The Labute approximate surface area is 108 Å². The van der Waals surface area contributed by atoms with Crippen molar-refractivity contribution < 1.29 is 4.79 Å². The van der Waals surface area contributed by atoms with Crippen LogP contribution < -0.4 is 11.1 Å². The second-order valence-corrected chi connectivity index (χ2v) is 3.91. The van der Waals surface area contributed by atoms with E-state index < -0.39 is 0 Å². The summed E-state index contributed by atoms with van der Waals surface area (Å²) in [4.78, 5) is 19.6. The second kappa shape index (κ2) is 5.46. The number of nitrogens with zero attached hydrogens (tertiary/aromatic N) is 3. The molecule has 0 bridgehead atoms. The number of carbonyl (C=O) groups is 1. The highest BCUT2D eigenvalue weighted by Crippen LogP contribution is 2.14. The number of amides is 1. The Morgan fingerprint density at radius 3 is 3.06 bits per heavy atom. The van der Waals surface area contributed by atoms with E-state index in [0.29, 0.717) is 18.8 Å². The maximum absolute atomic E-state index is 11.8. The highest BCUT2D eigenvalue weighted by atomic mass is 35.5. The number of halogens is 1. The summed E-state index contributed by atoms with van der Waals surface area (Å²) in [6, 6.07) is 3.07. The smallest absolute Gasteiger partial charge is 0.271 e. The molecule has 0 atom stereocenters. The zero-order valence-corrected chi connectivity index (χ0v) is 10.1. The molecule has 1 amide bonds. The number of rotatable bonds is 4. The van der Waals surface area contributed by atoms with Crippen LogP contribution in [-0.2, 0) is 6.42 Å². The Bertz CT molecular complexity index is 541. The van der Waals surface area contributed by atoms with E-state index in [1.807, 2.05) is 0 Å². The molecule has 94 valence electrons. The van der Waals surface area contributed by atoms with Crippen LogP contribution in [0, 0.1) is 0 Å². The van der Waals surface area contributed by atoms with E-state index in [9.17, 15) is 4.79 Å². The van der Waals surface area contributed by atoms with Gasteiger partial charge in [-0.15, -0.1) is 0 Å². The summed E-state index contributed by atoms with van der Waals surface area (Å²) < 4.78 is 0. The van der Waals surface area contributed by atoms with E-state index >= 15 is 0 Å². The van der Waals surface area contributed by atoms with Gasteiger partial charge < -0.3 is 11.1 Å². The molecule has 0 radical (unpaired) electrons. The van der Waals surface area contributed by atoms with Crippen molar-refractivity contribution in [3.63, 3.8) is 0 Å². The lowest BCUT2D eigenvalue weighted by molar-refractivity contribution is 0.0949. The molecule has 0 fully saturated rings. The highest BCUT2D eigenvalue weighted by molar-refractivity contribution is 6.33. The predicted octanol–water partition coefficient (Wildman–Crippen LogP) is 0.408. The zero-order valence-electron chi connectivity index (χ0n) is 9.35. The van der Waals surface area contributed by atoms with E-state index in [4.69, 9.17) is 17.3 Å². The number of H-pyrrole nitrogens is 1. The third-order valence-corrected chi connectivity index (χ3v) is 2.50. The maximum atomic E-state index is 11.8. The van der Waals surface area contributed by atoms with Crippen molar-refractivity contribution in [3.05, 3.63) is 35.0 Å². The average Bonchev–Trinajstić information content (AvgIpc) is 2.85. The molecular formula is C10H11ClN6O. The number of aromatic nitrogens is 4. The van der Waals surface area contributed by atoms with E-state index in [1.165, 1.54) is 18.5 Å². The monoisotopic (exact) mass is 266 g/mol. The zero-order chi connectivity index (χ0) is 13.0. The third-order valence-electron chi connectivity index (χ3n) is 2.19. The molecule has 2 aromatic heterocycles. The Hall–Kier alpha value is -2.15. The van der Waals surface area contributed by atoms with Gasteiger partial charge in [0.1, 0.15) is 23.7 Å². The quantitative estimate of drug-likeness (QED) is 0.742. The van der Waals surface area contributed by atoms with Gasteiger partial charge in [-0.2, -0.15) is 5.10 Å². The number of aromatic amines is 1. The number of nitrogen functional groups attached to an aromatic ring is 1. The Kier molecular flexibility index (Phi) is 3.73. The number of hydrogen-bond donors (Lipinski definition) is 3. The summed E-state index contributed by atoms with van der Waals surface area (Å²) in [6.07, 6.45) is 1.96. The molecule has 0 aliphatic rings. The molecule has 0 saturated heterocycles. The summed E-state index contributed by atoms with van der Waals surface area (Å²) >= 11 is 5.86. The Morgan fingerprint density at radius 1 is 1.50 bits per heavy atom. The normalized spacial score (nSPS) is 10.3. The molecule has 7 nitrogen and oxygen atoms in total. The topological polar surface area (TPSA) is 110 Å². The molecule has 2 aromatic rings. The van der Waals surface area contributed by atoms with Crippen LogP contribution in [0.4, 0.5) is 5.82 Å². The molecule has 0 aliphatic heterocycles. The van der Waals surface area contributed by atoms with Crippen LogP contribution in [0.15, 0.2) is 18.5 Å². The number of nitrogens with two attached hydrogens (primary N) is 1. The molecule has 0 unspecified atom stereocenters. The predicted molar refractivity (Wildman–Crippen MR) is 66.1 cm³/mol. The average molecular weight is 267 g/mol. The summed E-state index contributed by atoms with van der Waals surface area (Å²) in [5.74, 6) is 0.577. The summed E-state index contributed by atoms with van der Waals surface area (Å²) in [7, 11) is 0. The molecule has 0 aliphatic carbocycles. The maximum Gasteiger partial charge on any atom is 0.271 e. The fourth-order valence-corrected chi connectivity index (χ4v) is 1.54. The first-order valence-corrected chi connectivity index (χ1v) is 5.59. The van der Waals surface area contributed by atoms with E-state index in [-0.39, 0.29) is 22.4 Å². The first-order chi connectivity index (χ1) is 8.66. The lowest BCUT2D eigenvalue weighted by atomic mass is 10.3. The SMILES string of the molecule is Nc1ccc(Cl)c(C(=O)NCCc2ncn[nH]2)n1. The van der Waals surface area contributed by atoms with Gasteiger partial charge in [-0.25, -0.2) is 9.97 Å². The van der Waals surface area contributed by atoms with E-state index in [0.717, 1.165) is 0 Å². The molecule has 18 heavy (non-hydrogen) atoms. The first kappa shape index (κ1) is 12.3. The molecule has 0 saturated carbocycles. The van der Waals surface area contributed by atoms with Gasteiger partial charge >= 0.3 is 0 Å². The van der Waals surface area contributed by atoms with Gasteiger partial charge in [-0.1, -0.05) is 11.6 Å². The fraction of sp³-hybridized carbons (Fsp3) is 0.200. The van der Waals surface area contributed by atoms with Gasteiger partial charge in [0.2, 0.25) is 0 Å². The van der Waals surface area contributed by atoms with Crippen molar-refractivity contribution in [1.82, 2.24) is 25.5 Å². The van der Waals surface area contributed by atoms with Crippen molar-refractivity contribution in [1.29, 1.82) is 0 Å². The highest BCUT2D eigenvalue weighted by Gasteiger charge is 2.12. The van der Waals surface area contributed by atoms with Crippen LogP contribution in [0.2, 0.25) is 5.02 Å². The van der Waals surface area contributed by atoms with Crippen LogP contribution in [0.5, 0.6) is 0 Å². The number of anilines is 1. The number of carbonyl (C=O) groups excluding carboxylic acids is 1. The summed E-state index contributed by atoms with van der Waals surface area (Å²) in [6.45, 7) is 0.404. The van der Waals surface area contributed by atoms with Crippen LogP contribution in [0.25, 0.3) is 0 Å². The van der Waals surface area contributed by atoms with Crippen molar-refractivity contribution in [2.24, 2.45) is 0 Å². The molecule has 0 aromatic carbocycles. The molecule has 2 rings (SSSR count). The molecule has 8 heteroatoms. The van der Waals surface area contributed by atoms with Gasteiger partial charge in [-0.05, 0) is 12.1 Å². The standard InChI is InChI=1S/C10H11ClN6O/c11-6-1-2-7(12)16-9(6)10(18)13-4-3-8-14-5-15-17-8/h1-2,5H,3-4H2,(H2,12,16)(H,13,18)(H,14,15,17). The summed E-state index contributed by atoms with van der Waals surface area (Å²) in [5, 5.41) is 9.34. The van der Waals surface area contributed by atoms with Crippen LogP contribution >= 0.6 is 11.6 Å². The number of nitrogens with one attached hydrogen (secondary N) is 2. The lowest BCUT2D eigenvalue weighted by Gasteiger charge is -2.05. The molecule has 2 heterocycles. The van der Waals surface area contributed by atoms with Crippen molar-refractivity contribution >= 4 is 23.3 Å². The van der Waals surface area contributed by atoms with Gasteiger partial charge in [-0.3, -0.25) is 9.89 Å². The number of pyridine rings is 1. The van der Waals surface area contributed by atoms with E-state index in [2.05, 4.69) is 25.5 Å². The minimum atomic E-state index is -0.369. The fourth-order valence-electron chi connectivity index (χ4n) is 1.35. The Morgan fingerprint density at radius 2 is 2.33 bits per heavy atom. The lowest BCUT2D eigenvalue weighted by Crippen LogP contribution is -2.27. The second-order valence-electron chi connectivity index (χ2n) is 3.50. The van der Waals surface area contributed by atoms with Crippen LogP contribution in [0.3, 0.4) is 0 Å². The van der Waals surface area contributed by atoms with Crippen molar-refractivity contribution in [2.45, 2.75) is 6.42 Å². The molecule has 0 spiro atoms. The van der Waals surface area contributed by atoms with E-state index in [1.54, 1.807) is 0 Å². The minimum absolute atomic E-state index is 0.120. The summed E-state index contributed by atoms with van der Waals surface area (Å²) in [5.41, 5.74) is 5.62. The number of hydrogen-bond acceptors (Lipinski definition) is 5. The molecule has 4 N–H and O–H groups in total. The third kappa shape index (κ3) is 2.95. The van der Waals surface area contributed by atoms with Crippen LogP contribution in [0.1, 0.15) is 16.3 Å². The van der Waals surface area contributed by atoms with Gasteiger partial charge in [0.15, 0.2) is 0 Å².